The first-order chi connectivity index (χ1) is 9.81. The van der Waals surface area contributed by atoms with Crippen LogP contribution in [0.1, 0.15) is 68.3 Å². The first-order valence-electron chi connectivity index (χ1n) is 8.02. The number of nitrogens with zero attached hydrogens (tertiary/aromatic N) is 3. The van der Waals surface area contributed by atoms with Gasteiger partial charge in [-0.05, 0) is 31.6 Å². The number of carbonyl (C=O) groups is 1. The van der Waals surface area contributed by atoms with Crippen molar-refractivity contribution in [3.05, 3.63) is 11.9 Å². The molecule has 3 rings (SSSR count). The van der Waals surface area contributed by atoms with Gasteiger partial charge in [-0.2, -0.15) is 0 Å². The molecule has 110 valence electrons. The molecule has 1 aromatic rings. The summed E-state index contributed by atoms with van der Waals surface area (Å²) in [5.41, 5.74) is 0.466. The molecule has 2 aliphatic rings. The molecule has 1 amide bonds. The number of aromatic nitrogens is 3. The van der Waals surface area contributed by atoms with Crippen LogP contribution in [-0.2, 0) is 6.54 Å². The molecular formula is C15H24N4O. The molecule has 1 N–H and O–H groups in total. The molecule has 2 aliphatic carbocycles. The molecular weight excluding hydrogens is 252 g/mol. The van der Waals surface area contributed by atoms with Gasteiger partial charge in [-0.3, -0.25) is 9.48 Å². The van der Waals surface area contributed by atoms with Crippen molar-refractivity contribution in [2.24, 2.45) is 5.92 Å². The first kappa shape index (κ1) is 13.6. The number of hydrogen-bond acceptors (Lipinski definition) is 3. The molecule has 0 atom stereocenters. The van der Waals surface area contributed by atoms with Crippen molar-refractivity contribution in [2.45, 2.75) is 70.4 Å². The molecule has 0 spiro atoms. The minimum absolute atomic E-state index is 0.0606. The van der Waals surface area contributed by atoms with E-state index in [1.807, 2.05) is 4.68 Å². The maximum Gasteiger partial charge on any atom is 0.273 e. The van der Waals surface area contributed by atoms with E-state index in [1.54, 1.807) is 6.20 Å². The van der Waals surface area contributed by atoms with E-state index in [2.05, 4.69) is 15.6 Å². The Bertz CT molecular complexity index is 444. The van der Waals surface area contributed by atoms with E-state index in [0.29, 0.717) is 17.7 Å². The average Bonchev–Trinajstić information content (AvgIpc) is 3.12. The van der Waals surface area contributed by atoms with Crippen molar-refractivity contribution in [1.82, 2.24) is 20.3 Å². The van der Waals surface area contributed by atoms with E-state index in [9.17, 15) is 4.79 Å². The smallest absolute Gasteiger partial charge is 0.273 e. The fraction of sp³-hybridized carbons (Fsp3) is 0.800. The lowest BCUT2D eigenvalue weighted by atomic mass is 9.95. The SMILES string of the molecule is O=C(NC1CCCCC1)c1cn(CC2CCCC2)nn1. The van der Waals surface area contributed by atoms with Crippen molar-refractivity contribution in [2.75, 3.05) is 0 Å². The van der Waals surface area contributed by atoms with Gasteiger partial charge < -0.3 is 5.32 Å². The van der Waals surface area contributed by atoms with Gasteiger partial charge in [-0.25, -0.2) is 0 Å². The lowest BCUT2D eigenvalue weighted by molar-refractivity contribution is 0.0922. The van der Waals surface area contributed by atoms with Gasteiger partial charge in [0.1, 0.15) is 0 Å². The van der Waals surface area contributed by atoms with Gasteiger partial charge in [0.25, 0.3) is 5.91 Å². The zero-order valence-electron chi connectivity index (χ0n) is 12.1. The van der Waals surface area contributed by atoms with Crippen molar-refractivity contribution >= 4 is 5.91 Å². The fourth-order valence-corrected chi connectivity index (χ4v) is 3.46. The van der Waals surface area contributed by atoms with Crippen molar-refractivity contribution in [3.8, 4) is 0 Å². The van der Waals surface area contributed by atoms with E-state index in [0.717, 1.165) is 19.4 Å². The number of rotatable bonds is 4. The second-order valence-electron chi connectivity index (χ2n) is 6.28. The minimum Gasteiger partial charge on any atom is -0.348 e. The Morgan fingerprint density at radius 1 is 1.15 bits per heavy atom. The van der Waals surface area contributed by atoms with Crippen molar-refractivity contribution in [1.29, 1.82) is 0 Å². The Morgan fingerprint density at radius 3 is 2.60 bits per heavy atom. The quantitative estimate of drug-likeness (QED) is 0.919. The lowest BCUT2D eigenvalue weighted by Gasteiger charge is -2.22. The molecule has 0 bridgehead atoms. The second-order valence-corrected chi connectivity index (χ2v) is 6.28. The zero-order valence-corrected chi connectivity index (χ0v) is 12.1. The minimum atomic E-state index is -0.0606. The Kier molecular flexibility index (Phi) is 4.33. The van der Waals surface area contributed by atoms with Gasteiger partial charge >= 0.3 is 0 Å². The normalized spacial score (nSPS) is 21.2. The molecule has 0 radical (unpaired) electrons. The van der Waals surface area contributed by atoms with Gasteiger partial charge in [-0.15, -0.1) is 5.10 Å². The zero-order chi connectivity index (χ0) is 13.8. The van der Waals surface area contributed by atoms with E-state index < -0.39 is 0 Å². The summed E-state index contributed by atoms with van der Waals surface area (Å²) in [5, 5.41) is 11.2. The molecule has 20 heavy (non-hydrogen) atoms. The number of carbonyl (C=O) groups excluding carboxylic acids is 1. The van der Waals surface area contributed by atoms with Crippen LogP contribution in [0.4, 0.5) is 0 Å². The topological polar surface area (TPSA) is 59.8 Å². The Morgan fingerprint density at radius 2 is 1.85 bits per heavy atom. The third-order valence-electron chi connectivity index (χ3n) is 4.63. The van der Waals surface area contributed by atoms with Crippen LogP contribution in [0.25, 0.3) is 0 Å². The van der Waals surface area contributed by atoms with Crippen LogP contribution in [-0.4, -0.2) is 26.9 Å². The molecule has 2 fully saturated rings. The molecule has 0 aromatic carbocycles. The summed E-state index contributed by atoms with van der Waals surface area (Å²) >= 11 is 0. The second kappa shape index (κ2) is 6.37. The lowest BCUT2D eigenvalue weighted by Crippen LogP contribution is -2.36. The predicted molar refractivity (Wildman–Crippen MR) is 76.3 cm³/mol. The summed E-state index contributed by atoms with van der Waals surface area (Å²) in [6, 6.07) is 0.330. The fourth-order valence-electron chi connectivity index (χ4n) is 3.46. The van der Waals surface area contributed by atoms with Crippen LogP contribution >= 0.6 is 0 Å². The van der Waals surface area contributed by atoms with Gasteiger partial charge in [-0.1, -0.05) is 37.3 Å². The van der Waals surface area contributed by atoms with Crippen molar-refractivity contribution < 1.29 is 4.79 Å². The van der Waals surface area contributed by atoms with E-state index in [4.69, 9.17) is 0 Å². The summed E-state index contributed by atoms with van der Waals surface area (Å²) in [6.45, 7) is 0.906. The predicted octanol–water partition coefficient (Wildman–Crippen LogP) is 2.53. The molecule has 2 saturated carbocycles. The van der Waals surface area contributed by atoms with Crippen LogP contribution < -0.4 is 5.32 Å². The Balaban J connectivity index is 1.53. The van der Waals surface area contributed by atoms with Crippen LogP contribution in [0.2, 0.25) is 0 Å². The number of amides is 1. The molecule has 1 aromatic heterocycles. The molecule has 5 nitrogen and oxygen atoms in total. The van der Waals surface area contributed by atoms with Gasteiger partial charge in [0.15, 0.2) is 5.69 Å². The van der Waals surface area contributed by atoms with Crippen LogP contribution in [0.15, 0.2) is 6.20 Å². The standard InChI is InChI=1S/C15H24N4O/c20-15(16-13-8-2-1-3-9-13)14-11-19(18-17-14)10-12-6-4-5-7-12/h11-13H,1-10H2,(H,16,20). The Hall–Kier alpha value is -1.39. The van der Waals surface area contributed by atoms with Gasteiger partial charge in [0, 0.05) is 12.6 Å². The van der Waals surface area contributed by atoms with Crippen LogP contribution in [0.3, 0.4) is 0 Å². The van der Waals surface area contributed by atoms with E-state index in [-0.39, 0.29) is 5.91 Å². The molecule has 0 unspecified atom stereocenters. The van der Waals surface area contributed by atoms with E-state index >= 15 is 0 Å². The third kappa shape index (κ3) is 3.38. The summed E-state index contributed by atoms with van der Waals surface area (Å²) < 4.78 is 1.84. The highest BCUT2D eigenvalue weighted by Gasteiger charge is 2.20. The summed E-state index contributed by atoms with van der Waals surface area (Å²) in [7, 11) is 0. The molecule has 5 heteroatoms. The maximum absolute atomic E-state index is 12.1. The van der Waals surface area contributed by atoms with Crippen LogP contribution in [0, 0.1) is 5.92 Å². The van der Waals surface area contributed by atoms with Gasteiger partial charge in [0.05, 0.1) is 6.20 Å². The van der Waals surface area contributed by atoms with Gasteiger partial charge in [0.2, 0.25) is 0 Å². The number of hydrogen-bond donors (Lipinski definition) is 1. The number of nitrogens with one attached hydrogen (secondary N) is 1. The summed E-state index contributed by atoms with van der Waals surface area (Å²) in [5.74, 6) is 0.653. The molecule has 0 saturated heterocycles. The van der Waals surface area contributed by atoms with Crippen LogP contribution in [0.5, 0.6) is 0 Å². The molecule has 1 heterocycles. The highest BCUT2D eigenvalue weighted by molar-refractivity contribution is 5.92. The monoisotopic (exact) mass is 276 g/mol. The molecule has 0 aliphatic heterocycles. The Labute approximate surface area is 120 Å². The highest BCUT2D eigenvalue weighted by Crippen LogP contribution is 2.25. The average molecular weight is 276 g/mol. The largest absolute Gasteiger partial charge is 0.348 e. The maximum atomic E-state index is 12.1. The first-order valence-corrected chi connectivity index (χ1v) is 8.02. The highest BCUT2D eigenvalue weighted by atomic mass is 16.2. The summed E-state index contributed by atoms with van der Waals surface area (Å²) in [6.07, 6.45) is 13.0. The van der Waals surface area contributed by atoms with Crippen molar-refractivity contribution in [3.63, 3.8) is 0 Å². The summed E-state index contributed by atoms with van der Waals surface area (Å²) in [4.78, 5) is 12.1. The third-order valence-corrected chi connectivity index (χ3v) is 4.63. The van der Waals surface area contributed by atoms with E-state index in [1.165, 1.54) is 44.9 Å².